The Morgan fingerprint density at radius 3 is 2.55 bits per heavy atom. The van der Waals surface area contributed by atoms with E-state index in [4.69, 9.17) is 26.3 Å². The highest BCUT2D eigenvalue weighted by Crippen LogP contribution is 1.90. The summed E-state index contributed by atoms with van der Waals surface area (Å²) < 4.78 is 4.78. The molecule has 6 nitrogen and oxygen atoms in total. The number of hydrogen-bond donors (Lipinski definition) is 1. The largest absolute Gasteiger partial charge is 0.461 e. The fourth-order valence-electron chi connectivity index (χ4n) is 1.42. The molecule has 98 valence electrons. The Kier molecular flexibility index (Phi) is 5.47. The van der Waals surface area contributed by atoms with Gasteiger partial charge in [-0.3, -0.25) is 0 Å². The van der Waals surface area contributed by atoms with Crippen molar-refractivity contribution in [3.8, 4) is 18.2 Å². The van der Waals surface area contributed by atoms with Gasteiger partial charge in [-0.25, -0.2) is 4.79 Å². The number of nitrogens with two attached hydrogens (primary N) is 1. The van der Waals surface area contributed by atoms with Crippen molar-refractivity contribution in [1.82, 2.24) is 0 Å². The van der Waals surface area contributed by atoms with Crippen molar-refractivity contribution in [1.29, 1.82) is 15.8 Å². The maximum Gasteiger partial charge on any atom is 0.331 e. The second kappa shape index (κ2) is 7.33. The molecular formula is C14H10N4O2. The Bertz CT molecular complexity index is 744. The number of hydrogen-bond acceptors (Lipinski definition) is 6. The van der Waals surface area contributed by atoms with Gasteiger partial charge in [0.05, 0.1) is 11.6 Å². The van der Waals surface area contributed by atoms with Crippen molar-refractivity contribution in [3.63, 3.8) is 0 Å². The summed E-state index contributed by atoms with van der Waals surface area (Å²) in [4.78, 5) is 11.4. The van der Waals surface area contributed by atoms with Crippen molar-refractivity contribution >= 4 is 17.6 Å². The molecule has 20 heavy (non-hydrogen) atoms. The van der Waals surface area contributed by atoms with Crippen molar-refractivity contribution in [2.75, 3.05) is 13.2 Å². The number of rotatable bonds is 3. The first kappa shape index (κ1) is 14.9. The van der Waals surface area contributed by atoms with E-state index in [-0.39, 0.29) is 24.3 Å². The quantitative estimate of drug-likeness (QED) is 0.702. The Morgan fingerprint density at radius 2 is 2.00 bits per heavy atom. The molecule has 0 bridgehead atoms. The van der Waals surface area contributed by atoms with Gasteiger partial charge in [-0.05, 0) is 11.3 Å². The third-order valence-electron chi connectivity index (χ3n) is 2.32. The summed E-state index contributed by atoms with van der Waals surface area (Å²) in [5, 5.41) is 27.3. The van der Waals surface area contributed by atoms with Crippen LogP contribution in [0.2, 0.25) is 0 Å². The molecule has 1 aromatic rings. The molecule has 0 unspecified atom stereocenters. The second-order valence-corrected chi connectivity index (χ2v) is 3.61. The van der Waals surface area contributed by atoms with Gasteiger partial charge in [0, 0.05) is 17.8 Å². The highest BCUT2D eigenvalue weighted by molar-refractivity contribution is 6.00. The van der Waals surface area contributed by atoms with Gasteiger partial charge in [0.1, 0.15) is 24.3 Å². The first-order valence-electron chi connectivity index (χ1n) is 5.59. The van der Waals surface area contributed by atoms with Crippen LogP contribution in [0.5, 0.6) is 0 Å². The SMILES string of the molecule is N#CC(C#N)=c1cc/c(=C\C(=O)OCCN)c(C#N)c1. The second-order valence-electron chi connectivity index (χ2n) is 3.61. The fourth-order valence-corrected chi connectivity index (χ4v) is 1.42. The van der Waals surface area contributed by atoms with Crippen LogP contribution in [0.3, 0.4) is 0 Å². The minimum Gasteiger partial charge on any atom is -0.461 e. The lowest BCUT2D eigenvalue weighted by molar-refractivity contribution is -0.135. The summed E-state index contributed by atoms with van der Waals surface area (Å²) in [7, 11) is 0. The van der Waals surface area contributed by atoms with Crippen molar-refractivity contribution in [2.45, 2.75) is 0 Å². The Morgan fingerprint density at radius 1 is 1.30 bits per heavy atom. The van der Waals surface area contributed by atoms with Crippen molar-refractivity contribution < 1.29 is 9.53 Å². The van der Waals surface area contributed by atoms with Crippen LogP contribution < -0.4 is 16.2 Å². The Labute approximate surface area is 115 Å². The lowest BCUT2D eigenvalue weighted by Gasteiger charge is -1.98. The topological polar surface area (TPSA) is 124 Å². The van der Waals surface area contributed by atoms with Gasteiger partial charge in [0.25, 0.3) is 0 Å². The summed E-state index contributed by atoms with van der Waals surface area (Å²) in [6, 6.07) is 9.73. The normalized spacial score (nSPS) is 10.0. The van der Waals surface area contributed by atoms with Crippen LogP contribution in [0.1, 0.15) is 5.56 Å². The molecule has 0 atom stereocenters. The summed E-state index contributed by atoms with van der Waals surface area (Å²) >= 11 is 0. The number of carbonyl (C=O) groups excluding carboxylic acids is 1. The highest BCUT2D eigenvalue weighted by Gasteiger charge is 2.01. The molecule has 1 rings (SSSR count). The van der Waals surface area contributed by atoms with E-state index in [1.54, 1.807) is 12.1 Å². The maximum absolute atomic E-state index is 11.4. The van der Waals surface area contributed by atoms with Gasteiger partial charge in [-0.1, -0.05) is 12.1 Å². The van der Waals surface area contributed by atoms with E-state index in [2.05, 4.69) is 0 Å². The highest BCUT2D eigenvalue weighted by atomic mass is 16.5. The van der Waals surface area contributed by atoms with Crippen LogP contribution in [0.15, 0.2) is 18.2 Å². The van der Waals surface area contributed by atoms with Crippen LogP contribution in [-0.2, 0) is 9.53 Å². The molecule has 0 aliphatic heterocycles. The molecule has 0 aliphatic carbocycles. The molecule has 0 fully saturated rings. The van der Waals surface area contributed by atoms with Crippen LogP contribution in [0.25, 0.3) is 11.6 Å². The third-order valence-corrected chi connectivity index (χ3v) is 2.32. The molecule has 0 saturated heterocycles. The fraction of sp³-hybridized carbons (Fsp3) is 0.143. The summed E-state index contributed by atoms with van der Waals surface area (Å²) in [5.41, 5.74) is 5.28. The lowest BCUT2D eigenvalue weighted by Crippen LogP contribution is -2.18. The molecule has 0 aromatic heterocycles. The standard InChI is InChI=1S/C14H10N4O2/c15-3-4-20-14(19)6-11-2-1-10(5-12(11)7-16)13(8-17)9-18/h1-2,5-6H,3-4,15H2/b11-6+. The van der Waals surface area contributed by atoms with Crippen LogP contribution in [0.4, 0.5) is 0 Å². The summed E-state index contributed by atoms with van der Waals surface area (Å²) in [6.45, 7) is 0.308. The third kappa shape index (κ3) is 3.68. The Hall–Kier alpha value is -3.14. The molecule has 6 heteroatoms. The van der Waals surface area contributed by atoms with Gasteiger partial charge < -0.3 is 10.5 Å². The number of esters is 1. The minimum atomic E-state index is -0.607. The molecular weight excluding hydrogens is 256 g/mol. The number of nitrogens with zero attached hydrogens (tertiary/aromatic N) is 3. The summed E-state index contributed by atoms with van der Waals surface area (Å²) in [5.74, 6) is -0.607. The smallest absolute Gasteiger partial charge is 0.331 e. The minimum absolute atomic E-state index is 0.0933. The first-order valence-corrected chi connectivity index (χ1v) is 5.59. The molecule has 1 aromatic carbocycles. The van der Waals surface area contributed by atoms with E-state index in [1.165, 1.54) is 18.2 Å². The predicted octanol–water partition coefficient (Wildman–Crippen LogP) is -0.961. The first-order chi connectivity index (χ1) is 9.65. The number of benzene rings is 1. The molecule has 0 saturated carbocycles. The van der Waals surface area contributed by atoms with Crippen molar-refractivity contribution in [3.05, 3.63) is 34.2 Å². The molecule has 0 aliphatic rings. The average Bonchev–Trinajstić information content (AvgIpc) is 2.47. The molecule has 0 heterocycles. The zero-order valence-electron chi connectivity index (χ0n) is 10.5. The van der Waals surface area contributed by atoms with Crippen molar-refractivity contribution in [2.24, 2.45) is 5.73 Å². The molecule has 0 amide bonds. The van der Waals surface area contributed by atoms with Gasteiger partial charge in [0.2, 0.25) is 0 Å². The number of nitriles is 3. The molecule has 0 spiro atoms. The van der Waals surface area contributed by atoms with E-state index in [0.29, 0.717) is 10.4 Å². The van der Waals surface area contributed by atoms with Crippen LogP contribution >= 0.6 is 0 Å². The summed E-state index contributed by atoms with van der Waals surface area (Å²) in [6.07, 6.45) is 1.16. The maximum atomic E-state index is 11.4. The Balaban J connectivity index is 3.35. The van der Waals surface area contributed by atoms with E-state index < -0.39 is 5.97 Å². The van der Waals surface area contributed by atoms with Crippen LogP contribution in [0, 0.1) is 34.0 Å². The van der Waals surface area contributed by atoms with E-state index in [0.717, 1.165) is 6.08 Å². The molecule has 0 radical (unpaired) electrons. The zero-order chi connectivity index (χ0) is 15.0. The number of ether oxygens (including phenoxy) is 1. The van der Waals surface area contributed by atoms with Gasteiger partial charge in [0.15, 0.2) is 0 Å². The van der Waals surface area contributed by atoms with E-state index in [1.807, 2.05) is 6.07 Å². The number of carbonyl (C=O) groups is 1. The van der Waals surface area contributed by atoms with Gasteiger partial charge in [-0.15, -0.1) is 0 Å². The average molecular weight is 266 g/mol. The monoisotopic (exact) mass is 266 g/mol. The van der Waals surface area contributed by atoms with Gasteiger partial charge in [-0.2, -0.15) is 15.8 Å². The molecule has 2 N–H and O–H groups in total. The van der Waals surface area contributed by atoms with Gasteiger partial charge >= 0.3 is 5.97 Å². The van der Waals surface area contributed by atoms with Crippen LogP contribution in [-0.4, -0.2) is 19.1 Å². The zero-order valence-corrected chi connectivity index (χ0v) is 10.5. The van der Waals surface area contributed by atoms with E-state index in [9.17, 15) is 4.79 Å². The lowest BCUT2D eigenvalue weighted by atomic mass is 10.1. The van der Waals surface area contributed by atoms with E-state index >= 15 is 0 Å². The predicted molar refractivity (Wildman–Crippen MR) is 69.5 cm³/mol.